The summed E-state index contributed by atoms with van der Waals surface area (Å²) >= 11 is 0. The minimum Gasteiger partial charge on any atom is -0.373 e. The van der Waals surface area contributed by atoms with Gasteiger partial charge in [0.05, 0.1) is 6.54 Å². The third kappa shape index (κ3) is 3.42. The summed E-state index contributed by atoms with van der Waals surface area (Å²) in [6.45, 7) is 9.87. The highest BCUT2D eigenvalue weighted by molar-refractivity contribution is 5.34. The van der Waals surface area contributed by atoms with Crippen LogP contribution in [-0.4, -0.2) is 35.0 Å². The molecule has 0 aliphatic carbocycles. The van der Waals surface area contributed by atoms with Gasteiger partial charge in [-0.15, -0.1) is 0 Å². The molecule has 0 aromatic carbocycles. The Kier molecular flexibility index (Phi) is 3.85. The zero-order chi connectivity index (χ0) is 13.2. The Balaban J connectivity index is 2.07. The lowest BCUT2D eigenvalue weighted by Gasteiger charge is -2.37. The molecule has 2 rings (SSSR count). The van der Waals surface area contributed by atoms with Gasteiger partial charge in [0.25, 0.3) is 0 Å². The second-order valence-electron chi connectivity index (χ2n) is 6.04. The molecule has 1 aromatic heterocycles. The van der Waals surface area contributed by atoms with Crippen LogP contribution in [0.2, 0.25) is 0 Å². The Morgan fingerprint density at radius 3 is 2.83 bits per heavy atom. The Morgan fingerprint density at radius 2 is 2.17 bits per heavy atom. The molecule has 4 nitrogen and oxygen atoms in total. The smallest absolute Gasteiger partial charge is 0.144 e. The largest absolute Gasteiger partial charge is 0.373 e. The summed E-state index contributed by atoms with van der Waals surface area (Å²) in [4.78, 5) is 11.5. The molecule has 0 unspecified atom stereocenters. The van der Waals surface area contributed by atoms with E-state index in [9.17, 15) is 0 Å². The Bertz CT molecular complexity index is 414. The van der Waals surface area contributed by atoms with Crippen molar-refractivity contribution >= 4 is 5.82 Å². The van der Waals surface area contributed by atoms with Crippen LogP contribution in [0.1, 0.15) is 38.2 Å². The quantitative estimate of drug-likeness (QED) is 0.892. The summed E-state index contributed by atoms with van der Waals surface area (Å²) in [6, 6.07) is 1.98. The third-order valence-electron chi connectivity index (χ3n) is 3.50. The van der Waals surface area contributed by atoms with E-state index in [1.54, 1.807) is 0 Å². The van der Waals surface area contributed by atoms with Gasteiger partial charge >= 0.3 is 0 Å². The summed E-state index contributed by atoms with van der Waals surface area (Å²) in [5.41, 5.74) is 1.45. The normalized spacial score (nSPS) is 19.8. The first-order valence-electron chi connectivity index (χ1n) is 6.73. The number of aryl methyl sites for hydroxylation is 1. The summed E-state index contributed by atoms with van der Waals surface area (Å²) in [6.07, 6.45) is 2.59. The van der Waals surface area contributed by atoms with Crippen LogP contribution in [0.3, 0.4) is 0 Å². The topological polar surface area (TPSA) is 41.1 Å². The van der Waals surface area contributed by atoms with Crippen LogP contribution >= 0.6 is 0 Å². The van der Waals surface area contributed by atoms with E-state index in [-0.39, 0.29) is 0 Å². The van der Waals surface area contributed by atoms with Crippen molar-refractivity contribution in [2.45, 2.75) is 40.2 Å². The molecule has 4 heteroatoms. The second kappa shape index (κ2) is 5.22. The maximum absolute atomic E-state index is 4.53. The van der Waals surface area contributed by atoms with Gasteiger partial charge in [0.2, 0.25) is 0 Å². The lowest BCUT2D eigenvalue weighted by Crippen LogP contribution is -2.39. The van der Waals surface area contributed by atoms with Crippen LogP contribution in [0.5, 0.6) is 0 Å². The molecule has 1 aliphatic heterocycles. The monoisotopic (exact) mass is 248 g/mol. The molecule has 18 heavy (non-hydrogen) atoms. The minimum absolute atomic E-state index is 0.425. The molecule has 2 heterocycles. The van der Waals surface area contributed by atoms with E-state index in [2.05, 4.69) is 34.0 Å². The predicted molar refractivity (Wildman–Crippen MR) is 74.6 cm³/mol. The first-order chi connectivity index (χ1) is 8.48. The van der Waals surface area contributed by atoms with Gasteiger partial charge in [-0.3, -0.25) is 4.90 Å². The van der Waals surface area contributed by atoms with Gasteiger partial charge in [-0.2, -0.15) is 0 Å². The average Bonchev–Trinajstić information content (AvgIpc) is 2.26. The van der Waals surface area contributed by atoms with Crippen molar-refractivity contribution in [2.75, 3.05) is 25.5 Å². The lowest BCUT2D eigenvalue weighted by atomic mass is 9.84. The maximum atomic E-state index is 4.53. The van der Waals surface area contributed by atoms with Crippen molar-refractivity contribution < 1.29 is 0 Å². The number of piperidine rings is 1. The Hall–Kier alpha value is -1.16. The first-order valence-corrected chi connectivity index (χ1v) is 6.73. The zero-order valence-electron chi connectivity index (χ0n) is 12.0. The Labute approximate surface area is 110 Å². The number of likely N-dealkylation sites (tertiary alicyclic amines) is 1. The van der Waals surface area contributed by atoms with Gasteiger partial charge in [0.15, 0.2) is 0 Å². The number of aromatic nitrogens is 2. The van der Waals surface area contributed by atoms with Gasteiger partial charge in [-0.1, -0.05) is 13.8 Å². The summed E-state index contributed by atoms with van der Waals surface area (Å²) < 4.78 is 0. The van der Waals surface area contributed by atoms with E-state index in [0.29, 0.717) is 5.41 Å². The molecule has 1 N–H and O–H groups in total. The number of hydrogen-bond acceptors (Lipinski definition) is 4. The average molecular weight is 248 g/mol. The minimum atomic E-state index is 0.425. The van der Waals surface area contributed by atoms with Crippen molar-refractivity contribution in [1.82, 2.24) is 14.9 Å². The van der Waals surface area contributed by atoms with Crippen LogP contribution in [-0.2, 0) is 6.54 Å². The van der Waals surface area contributed by atoms with E-state index < -0.39 is 0 Å². The predicted octanol–water partition coefficient (Wildman–Crippen LogP) is 2.45. The number of anilines is 1. The van der Waals surface area contributed by atoms with Crippen LogP contribution in [0.4, 0.5) is 5.82 Å². The van der Waals surface area contributed by atoms with Crippen molar-refractivity contribution in [3.05, 3.63) is 17.6 Å². The zero-order valence-corrected chi connectivity index (χ0v) is 12.0. The molecule has 0 radical (unpaired) electrons. The summed E-state index contributed by atoms with van der Waals surface area (Å²) in [7, 11) is 1.90. The SMILES string of the molecule is CNc1cc(C)nc(CN2CCCC(C)(C)C2)n1. The number of rotatable bonds is 3. The van der Waals surface area contributed by atoms with Crippen molar-refractivity contribution in [3.63, 3.8) is 0 Å². The fraction of sp³-hybridized carbons (Fsp3) is 0.714. The van der Waals surface area contributed by atoms with Gasteiger partial charge < -0.3 is 5.32 Å². The van der Waals surface area contributed by atoms with Crippen LogP contribution in [0.25, 0.3) is 0 Å². The van der Waals surface area contributed by atoms with Gasteiger partial charge in [-0.25, -0.2) is 9.97 Å². The van der Waals surface area contributed by atoms with Crippen LogP contribution in [0.15, 0.2) is 6.07 Å². The van der Waals surface area contributed by atoms with E-state index in [0.717, 1.165) is 37.0 Å². The number of nitrogens with zero attached hydrogens (tertiary/aromatic N) is 3. The van der Waals surface area contributed by atoms with Crippen LogP contribution < -0.4 is 5.32 Å². The van der Waals surface area contributed by atoms with Gasteiger partial charge in [0, 0.05) is 25.4 Å². The molecule has 1 aliphatic rings. The summed E-state index contributed by atoms with van der Waals surface area (Å²) in [5.74, 6) is 1.84. The van der Waals surface area contributed by atoms with E-state index in [1.165, 1.54) is 12.8 Å². The molecular formula is C14H24N4. The third-order valence-corrected chi connectivity index (χ3v) is 3.50. The molecular weight excluding hydrogens is 224 g/mol. The van der Waals surface area contributed by atoms with Gasteiger partial charge in [-0.05, 0) is 31.7 Å². The van der Waals surface area contributed by atoms with E-state index >= 15 is 0 Å². The number of nitrogens with one attached hydrogen (secondary N) is 1. The molecule has 0 saturated carbocycles. The highest BCUT2D eigenvalue weighted by Crippen LogP contribution is 2.28. The molecule has 0 spiro atoms. The molecule has 0 amide bonds. The fourth-order valence-electron chi connectivity index (χ4n) is 2.71. The Morgan fingerprint density at radius 1 is 1.39 bits per heavy atom. The van der Waals surface area contributed by atoms with Crippen molar-refractivity contribution in [3.8, 4) is 0 Å². The molecule has 1 aromatic rings. The second-order valence-corrected chi connectivity index (χ2v) is 6.04. The maximum Gasteiger partial charge on any atom is 0.144 e. The fourth-order valence-corrected chi connectivity index (χ4v) is 2.71. The molecule has 0 bridgehead atoms. The van der Waals surface area contributed by atoms with E-state index in [4.69, 9.17) is 0 Å². The number of hydrogen-bond donors (Lipinski definition) is 1. The summed E-state index contributed by atoms with van der Waals surface area (Å²) in [5, 5.41) is 3.09. The van der Waals surface area contributed by atoms with Crippen molar-refractivity contribution in [2.24, 2.45) is 5.41 Å². The standard InChI is InChI=1S/C14H24N4/c1-11-8-12(15-4)17-13(16-11)9-18-7-5-6-14(2,3)10-18/h8H,5-7,9-10H2,1-4H3,(H,15,16,17). The highest BCUT2D eigenvalue weighted by atomic mass is 15.2. The van der Waals surface area contributed by atoms with Gasteiger partial charge in [0.1, 0.15) is 11.6 Å². The lowest BCUT2D eigenvalue weighted by molar-refractivity contribution is 0.109. The van der Waals surface area contributed by atoms with E-state index in [1.807, 2.05) is 20.0 Å². The van der Waals surface area contributed by atoms with Crippen molar-refractivity contribution in [1.29, 1.82) is 0 Å². The van der Waals surface area contributed by atoms with Crippen LogP contribution in [0, 0.1) is 12.3 Å². The highest BCUT2D eigenvalue weighted by Gasteiger charge is 2.26. The molecule has 1 saturated heterocycles. The molecule has 1 fully saturated rings. The molecule has 0 atom stereocenters. The molecule has 100 valence electrons. The first kappa shape index (κ1) is 13.3.